The number of ether oxygens (including phenoxy) is 2. The molecule has 7 heteroatoms. The van der Waals surface area contributed by atoms with Gasteiger partial charge in [-0.3, -0.25) is 4.79 Å². The van der Waals surface area contributed by atoms with Gasteiger partial charge in [0, 0.05) is 30.3 Å². The maximum absolute atomic E-state index is 13.2. The summed E-state index contributed by atoms with van der Waals surface area (Å²) in [7, 11) is 1.69. The molecule has 0 spiro atoms. The fraction of sp³-hybridized carbons (Fsp3) is 0.846. The fourth-order valence-electron chi connectivity index (χ4n) is 5.15. The number of rotatable bonds is 5. The quantitative estimate of drug-likeness (QED) is 0.306. The molecule has 0 saturated carbocycles. The SMILES string of the molecule is C=C1O[C@H](CC)C(C)(C)[C@H](O)[C@@H](C)/C(=N/OCSC)[C@H](C)C[C@@](C)(OC)C[C@@H](C)C(=O)C1C. The first-order valence-corrected chi connectivity index (χ1v) is 13.5. The highest BCUT2D eigenvalue weighted by Crippen LogP contribution is 2.39. The summed E-state index contributed by atoms with van der Waals surface area (Å²) in [4.78, 5) is 18.8. The van der Waals surface area contributed by atoms with E-state index < -0.39 is 23.0 Å². The molecule has 1 N–H and O–H groups in total. The van der Waals surface area contributed by atoms with Crippen molar-refractivity contribution < 1.29 is 24.2 Å². The number of oxime groups is 1. The van der Waals surface area contributed by atoms with Gasteiger partial charge in [-0.1, -0.05) is 53.3 Å². The van der Waals surface area contributed by atoms with Gasteiger partial charge in [0.25, 0.3) is 0 Å². The van der Waals surface area contributed by atoms with E-state index in [1.165, 1.54) is 0 Å². The van der Waals surface area contributed by atoms with Gasteiger partial charge >= 0.3 is 0 Å². The van der Waals surface area contributed by atoms with E-state index in [9.17, 15) is 9.90 Å². The van der Waals surface area contributed by atoms with E-state index >= 15 is 0 Å². The summed E-state index contributed by atoms with van der Waals surface area (Å²) < 4.78 is 12.2. The predicted molar refractivity (Wildman–Crippen MR) is 137 cm³/mol. The fourth-order valence-corrected chi connectivity index (χ4v) is 5.31. The monoisotopic (exact) mass is 485 g/mol. The number of methoxy groups -OCH3 is 1. The maximum Gasteiger partial charge on any atom is 0.162 e. The number of hydrogen-bond acceptors (Lipinski definition) is 7. The number of ketones is 1. The third kappa shape index (κ3) is 7.46. The normalized spacial score (nSPS) is 38.0. The Labute approximate surface area is 205 Å². The van der Waals surface area contributed by atoms with Crippen molar-refractivity contribution in [2.24, 2.45) is 34.2 Å². The predicted octanol–water partition coefficient (Wildman–Crippen LogP) is 5.69. The lowest BCUT2D eigenvalue weighted by atomic mass is 9.70. The Hall–Kier alpha value is -1.05. The van der Waals surface area contributed by atoms with E-state index in [0.29, 0.717) is 31.0 Å². The van der Waals surface area contributed by atoms with Crippen molar-refractivity contribution in [1.29, 1.82) is 0 Å². The van der Waals surface area contributed by atoms with E-state index in [4.69, 9.17) is 14.3 Å². The minimum atomic E-state index is -0.740. The van der Waals surface area contributed by atoms with E-state index in [2.05, 4.69) is 18.7 Å². The molecule has 0 aromatic heterocycles. The second-order valence-electron chi connectivity index (χ2n) is 10.6. The van der Waals surface area contributed by atoms with Gasteiger partial charge in [0.15, 0.2) is 5.94 Å². The van der Waals surface area contributed by atoms with Crippen LogP contribution in [0, 0.1) is 29.1 Å². The number of Topliss-reactive ketones (excluding diaryl/α,β-unsaturated/α-hetero) is 1. The van der Waals surface area contributed by atoms with Crippen molar-refractivity contribution in [2.75, 3.05) is 19.3 Å². The average Bonchev–Trinajstić information content (AvgIpc) is 2.76. The number of carbonyl (C=O) groups excluding carboxylic acids is 1. The highest BCUT2D eigenvalue weighted by molar-refractivity contribution is 7.98. The van der Waals surface area contributed by atoms with Gasteiger partial charge in [0.1, 0.15) is 11.9 Å². The summed E-state index contributed by atoms with van der Waals surface area (Å²) >= 11 is 1.55. The third-order valence-corrected chi connectivity index (χ3v) is 7.75. The smallest absolute Gasteiger partial charge is 0.162 e. The van der Waals surface area contributed by atoms with Crippen molar-refractivity contribution in [3.63, 3.8) is 0 Å². The summed E-state index contributed by atoms with van der Waals surface area (Å²) in [6.45, 7) is 20.0. The molecule has 33 heavy (non-hydrogen) atoms. The summed E-state index contributed by atoms with van der Waals surface area (Å²) in [5.41, 5.74) is -0.349. The largest absolute Gasteiger partial charge is 0.494 e. The molecular weight excluding hydrogens is 438 g/mol. The molecule has 0 aromatic rings. The zero-order valence-corrected chi connectivity index (χ0v) is 23.3. The van der Waals surface area contributed by atoms with E-state index in [1.54, 1.807) is 18.9 Å². The van der Waals surface area contributed by atoms with Crippen molar-refractivity contribution in [1.82, 2.24) is 0 Å². The molecule has 0 aliphatic carbocycles. The third-order valence-electron chi connectivity index (χ3n) is 7.41. The van der Waals surface area contributed by atoms with Crippen molar-refractivity contribution in [3.05, 3.63) is 12.3 Å². The average molecular weight is 486 g/mol. The molecule has 1 saturated heterocycles. The molecule has 1 aliphatic rings. The lowest BCUT2D eigenvalue weighted by Gasteiger charge is -2.43. The second kappa shape index (κ2) is 12.6. The zero-order chi connectivity index (χ0) is 25.6. The number of aliphatic hydroxyl groups is 1. The van der Waals surface area contributed by atoms with Crippen LogP contribution in [0.15, 0.2) is 17.5 Å². The second-order valence-corrected chi connectivity index (χ2v) is 11.4. The van der Waals surface area contributed by atoms with E-state index in [1.807, 2.05) is 54.7 Å². The lowest BCUT2D eigenvalue weighted by Crippen LogP contribution is -2.48. The highest BCUT2D eigenvalue weighted by Gasteiger charge is 2.44. The Morgan fingerprint density at radius 2 is 1.76 bits per heavy atom. The Bertz CT molecular complexity index is 694. The lowest BCUT2D eigenvalue weighted by molar-refractivity contribution is -0.131. The molecule has 1 rings (SSSR count). The standard InChI is InChI=1S/C26H47NO5S/c1-12-21-25(7,8)24(29)19(5)22(27-31-15-33-11)16(2)13-26(9,30-10)14-17(3)23(28)18(4)20(6)32-21/h16-19,21,24,29H,6,12-15H2,1-5,7-11H3/b27-22+/t16-,17-,18?,19+,21-,24-,26-/m1/s1. The molecule has 0 radical (unpaired) electrons. The number of thioether (sulfide) groups is 1. The van der Waals surface area contributed by atoms with Crippen molar-refractivity contribution in [2.45, 2.75) is 92.5 Å². The first-order valence-electron chi connectivity index (χ1n) is 12.1. The van der Waals surface area contributed by atoms with Gasteiger partial charge in [-0.15, -0.1) is 11.8 Å². The van der Waals surface area contributed by atoms with Gasteiger partial charge < -0.3 is 19.4 Å². The molecule has 0 aromatic carbocycles. The number of hydrogen-bond donors (Lipinski definition) is 1. The van der Waals surface area contributed by atoms with Gasteiger partial charge in [-0.2, -0.15) is 0 Å². The Morgan fingerprint density at radius 1 is 1.18 bits per heavy atom. The van der Waals surface area contributed by atoms with Crippen LogP contribution < -0.4 is 0 Å². The van der Waals surface area contributed by atoms with Crippen LogP contribution >= 0.6 is 11.8 Å². The van der Waals surface area contributed by atoms with E-state index in [-0.39, 0.29) is 29.6 Å². The van der Waals surface area contributed by atoms with Crippen LogP contribution in [-0.2, 0) is 19.1 Å². The zero-order valence-electron chi connectivity index (χ0n) is 22.4. The summed E-state index contributed by atoms with van der Waals surface area (Å²) in [6, 6.07) is 0. The number of allylic oxidation sites excluding steroid dienone is 1. The van der Waals surface area contributed by atoms with E-state index in [0.717, 1.165) is 5.71 Å². The number of aliphatic hydroxyl groups excluding tert-OH is 1. The summed E-state index contributed by atoms with van der Waals surface area (Å²) in [6.07, 6.45) is 2.82. The topological polar surface area (TPSA) is 77.3 Å². The molecule has 0 bridgehead atoms. The molecule has 6 nitrogen and oxygen atoms in total. The molecule has 1 fully saturated rings. The van der Waals surface area contributed by atoms with Gasteiger partial charge in [0.05, 0.1) is 29.1 Å². The number of carbonyl (C=O) groups is 1. The molecule has 192 valence electrons. The summed E-state index contributed by atoms with van der Waals surface area (Å²) in [5.74, 6) is 0.0513. The molecule has 1 unspecified atom stereocenters. The molecule has 7 atom stereocenters. The van der Waals surface area contributed by atoms with Crippen molar-refractivity contribution >= 4 is 23.3 Å². The number of nitrogens with zero attached hydrogens (tertiary/aromatic N) is 1. The van der Waals surface area contributed by atoms with Crippen LogP contribution in [0.1, 0.15) is 74.7 Å². The van der Waals surface area contributed by atoms with Gasteiger partial charge in [-0.05, 0) is 39.4 Å². The maximum atomic E-state index is 13.2. The highest BCUT2D eigenvalue weighted by atomic mass is 32.2. The molecule has 1 heterocycles. The Morgan fingerprint density at radius 3 is 2.27 bits per heavy atom. The van der Waals surface area contributed by atoms with Crippen molar-refractivity contribution in [3.8, 4) is 0 Å². The summed E-state index contributed by atoms with van der Waals surface area (Å²) in [5, 5.41) is 16.0. The van der Waals surface area contributed by atoms with Gasteiger partial charge in [0.2, 0.25) is 0 Å². The van der Waals surface area contributed by atoms with Crippen LogP contribution in [0.3, 0.4) is 0 Å². The first kappa shape index (κ1) is 30.0. The molecular formula is C26H47NO5S. The minimum absolute atomic E-state index is 0.0177. The Balaban J connectivity index is 3.54. The van der Waals surface area contributed by atoms with Gasteiger partial charge in [-0.25, -0.2) is 0 Å². The molecule has 0 amide bonds. The van der Waals surface area contributed by atoms with Crippen LogP contribution in [0.4, 0.5) is 0 Å². The Kier molecular flexibility index (Phi) is 11.4. The minimum Gasteiger partial charge on any atom is -0.494 e. The van der Waals surface area contributed by atoms with Crippen LogP contribution in [0.2, 0.25) is 0 Å². The van der Waals surface area contributed by atoms with Crippen LogP contribution in [0.25, 0.3) is 0 Å². The molecule has 1 aliphatic heterocycles. The first-order chi connectivity index (χ1) is 15.3. The van der Waals surface area contributed by atoms with Crippen LogP contribution in [-0.4, -0.2) is 53.7 Å². The van der Waals surface area contributed by atoms with Crippen LogP contribution in [0.5, 0.6) is 0 Å².